The first-order valence-corrected chi connectivity index (χ1v) is 7.70. The van der Waals surface area contributed by atoms with Crippen LogP contribution in [-0.4, -0.2) is 47.4 Å². The van der Waals surface area contributed by atoms with Gasteiger partial charge < -0.3 is 14.8 Å². The van der Waals surface area contributed by atoms with Crippen LogP contribution in [0, 0.1) is 5.82 Å². The van der Waals surface area contributed by atoms with Crippen LogP contribution in [0.3, 0.4) is 0 Å². The summed E-state index contributed by atoms with van der Waals surface area (Å²) >= 11 is 11.4. The lowest BCUT2D eigenvalue weighted by molar-refractivity contribution is 0.147. The van der Waals surface area contributed by atoms with Gasteiger partial charge in [0.2, 0.25) is 11.2 Å². The van der Waals surface area contributed by atoms with Crippen molar-refractivity contribution in [3.8, 4) is 5.88 Å². The van der Waals surface area contributed by atoms with Crippen LogP contribution in [0.25, 0.3) is 10.9 Å². The van der Waals surface area contributed by atoms with Gasteiger partial charge in [0.25, 0.3) is 5.56 Å². The second-order valence-corrected chi connectivity index (χ2v) is 5.68. The minimum atomic E-state index is -0.914. The highest BCUT2D eigenvalue weighted by molar-refractivity contribution is 6.30. The lowest BCUT2D eigenvalue weighted by atomic mass is 10.2. The first-order valence-electron chi connectivity index (χ1n) is 6.94. The van der Waals surface area contributed by atoms with E-state index in [1.165, 1.54) is 0 Å². The van der Waals surface area contributed by atoms with Gasteiger partial charge in [0, 0.05) is 19.2 Å². The van der Waals surface area contributed by atoms with Crippen LogP contribution in [0.1, 0.15) is 6.42 Å². The molecule has 1 saturated heterocycles. The Hall–Kier alpha value is -1.48. The minimum Gasteiger partial charge on any atom is -0.475 e. The molecule has 0 radical (unpaired) electrons. The zero-order valence-corrected chi connectivity index (χ0v) is 13.4. The smallest absolute Gasteiger partial charge is 0.265 e. The van der Waals surface area contributed by atoms with E-state index in [4.69, 9.17) is 32.7 Å². The van der Waals surface area contributed by atoms with Gasteiger partial charge in [-0.05, 0) is 18.0 Å². The molecule has 124 valence electrons. The molecule has 3 rings (SSSR count). The molecule has 0 amide bonds. The third kappa shape index (κ3) is 3.55. The molecule has 23 heavy (non-hydrogen) atoms. The number of rotatable bonds is 3. The highest BCUT2D eigenvalue weighted by Crippen LogP contribution is 2.27. The Morgan fingerprint density at radius 3 is 3.00 bits per heavy atom. The largest absolute Gasteiger partial charge is 0.475 e. The van der Waals surface area contributed by atoms with Crippen LogP contribution in [0.2, 0.25) is 10.4 Å². The highest BCUT2D eigenvalue weighted by Gasteiger charge is 2.20. The molecule has 1 aliphatic rings. The zero-order chi connectivity index (χ0) is 16.4. The topological polar surface area (TPSA) is 89.1 Å². The lowest BCUT2D eigenvalue weighted by Gasteiger charge is -2.16. The van der Waals surface area contributed by atoms with Crippen molar-refractivity contribution >= 4 is 34.1 Å². The van der Waals surface area contributed by atoms with Crippen molar-refractivity contribution in [3.63, 3.8) is 0 Å². The van der Waals surface area contributed by atoms with Crippen molar-refractivity contribution in [3.05, 3.63) is 26.6 Å². The summed E-state index contributed by atoms with van der Waals surface area (Å²) in [6.07, 6.45) is 0.743. The number of aromatic amines is 1. The Kier molecular flexibility index (Phi) is 4.96. The molecule has 2 aromatic heterocycles. The predicted molar refractivity (Wildman–Crippen MR) is 82.9 cm³/mol. The van der Waals surface area contributed by atoms with Crippen LogP contribution in [0.15, 0.2) is 4.79 Å². The van der Waals surface area contributed by atoms with Gasteiger partial charge in [-0.25, -0.2) is 9.37 Å². The molecule has 3 heterocycles. The van der Waals surface area contributed by atoms with Crippen molar-refractivity contribution < 1.29 is 13.9 Å². The summed E-state index contributed by atoms with van der Waals surface area (Å²) < 4.78 is 25.0. The van der Waals surface area contributed by atoms with Crippen LogP contribution in [-0.2, 0) is 4.74 Å². The van der Waals surface area contributed by atoms with E-state index in [1.807, 2.05) is 0 Å². The van der Waals surface area contributed by atoms with Crippen LogP contribution in [0.4, 0.5) is 4.39 Å². The number of ether oxygens (including phenoxy) is 2. The maximum Gasteiger partial charge on any atom is 0.265 e. The van der Waals surface area contributed by atoms with Gasteiger partial charge in [-0.3, -0.25) is 9.78 Å². The van der Waals surface area contributed by atoms with Gasteiger partial charge in [-0.2, -0.15) is 4.98 Å². The molecule has 10 heteroatoms. The van der Waals surface area contributed by atoms with Gasteiger partial charge in [-0.1, -0.05) is 11.6 Å². The number of nitrogens with one attached hydrogen (secondary N) is 2. The zero-order valence-electron chi connectivity index (χ0n) is 11.9. The average Bonchev–Trinajstić information content (AvgIpc) is 2.78. The van der Waals surface area contributed by atoms with Gasteiger partial charge in [0.15, 0.2) is 11.0 Å². The molecule has 1 fully saturated rings. The summed E-state index contributed by atoms with van der Waals surface area (Å²) in [6.45, 7) is 2.17. The number of nitrogens with zero attached hydrogens (tertiary/aromatic N) is 2. The molecule has 0 aromatic carbocycles. The summed E-state index contributed by atoms with van der Waals surface area (Å²) in [6, 6.07) is 0.0255. The third-order valence-electron chi connectivity index (χ3n) is 3.40. The number of halogens is 3. The Morgan fingerprint density at radius 1 is 1.35 bits per heavy atom. The average molecular weight is 363 g/mol. The Balaban J connectivity index is 1.94. The molecule has 0 aliphatic carbocycles. The minimum absolute atomic E-state index is 0.0255. The van der Waals surface area contributed by atoms with E-state index in [9.17, 15) is 9.18 Å². The van der Waals surface area contributed by atoms with Gasteiger partial charge in [0.1, 0.15) is 17.5 Å². The number of hydrogen-bond acceptors (Lipinski definition) is 6. The maximum atomic E-state index is 14.0. The van der Waals surface area contributed by atoms with E-state index in [1.54, 1.807) is 0 Å². The van der Waals surface area contributed by atoms with Crippen LogP contribution >= 0.6 is 23.2 Å². The number of aromatic nitrogens is 3. The van der Waals surface area contributed by atoms with Gasteiger partial charge in [0.05, 0.1) is 6.61 Å². The molecule has 0 bridgehead atoms. The number of fused-ring (bicyclic) bond motifs is 1. The number of hydrogen-bond donors (Lipinski definition) is 2. The summed E-state index contributed by atoms with van der Waals surface area (Å²) in [7, 11) is 0. The molecular weight excluding hydrogens is 350 g/mol. The molecule has 0 spiro atoms. The number of H-pyrrole nitrogens is 1. The Morgan fingerprint density at radius 2 is 2.17 bits per heavy atom. The van der Waals surface area contributed by atoms with Crippen molar-refractivity contribution in [2.45, 2.75) is 12.5 Å². The molecular formula is C13H13Cl2FN4O3. The fourth-order valence-electron chi connectivity index (χ4n) is 2.29. The fourth-order valence-corrected chi connectivity index (χ4v) is 2.62. The standard InChI is InChI=1S/C13H13Cl2FN4O3/c14-10-8(16)9-7(11(21)20-13(15)18-9)12(19-10)23-5-6-1-3-22-4-2-17-6/h6,17H,1-5H2,(H,18,20,21). The SMILES string of the molecule is O=c1[nH]c(Cl)nc2c(F)c(Cl)nc(OCC3CCOCCN3)c12. The molecule has 1 aliphatic heterocycles. The third-order valence-corrected chi connectivity index (χ3v) is 3.83. The second kappa shape index (κ2) is 6.96. The van der Waals surface area contributed by atoms with Crippen LogP contribution < -0.4 is 15.6 Å². The van der Waals surface area contributed by atoms with E-state index in [0.717, 1.165) is 6.42 Å². The normalized spacial score (nSPS) is 18.8. The Labute approximate surface area is 140 Å². The molecule has 2 aromatic rings. The van der Waals surface area contributed by atoms with Crippen molar-refractivity contribution in [2.75, 3.05) is 26.4 Å². The maximum absolute atomic E-state index is 14.0. The van der Waals surface area contributed by atoms with Crippen molar-refractivity contribution in [1.82, 2.24) is 20.3 Å². The first-order chi connectivity index (χ1) is 11.1. The molecule has 2 N–H and O–H groups in total. The summed E-state index contributed by atoms with van der Waals surface area (Å²) in [5, 5.41) is 2.45. The second-order valence-electron chi connectivity index (χ2n) is 4.97. The highest BCUT2D eigenvalue weighted by atomic mass is 35.5. The van der Waals surface area contributed by atoms with Gasteiger partial charge in [-0.15, -0.1) is 0 Å². The monoisotopic (exact) mass is 362 g/mol. The number of pyridine rings is 1. The molecule has 1 atom stereocenters. The molecule has 1 unspecified atom stereocenters. The molecule has 7 nitrogen and oxygen atoms in total. The van der Waals surface area contributed by atoms with Crippen molar-refractivity contribution in [2.24, 2.45) is 0 Å². The van der Waals surface area contributed by atoms with E-state index < -0.39 is 16.5 Å². The molecule has 0 saturated carbocycles. The van der Waals surface area contributed by atoms with E-state index >= 15 is 0 Å². The van der Waals surface area contributed by atoms with E-state index in [0.29, 0.717) is 19.8 Å². The van der Waals surface area contributed by atoms with E-state index in [2.05, 4.69) is 20.3 Å². The lowest BCUT2D eigenvalue weighted by Crippen LogP contribution is -2.35. The summed E-state index contributed by atoms with van der Waals surface area (Å²) in [5.74, 6) is -0.994. The predicted octanol–water partition coefficient (Wildman–Crippen LogP) is 1.52. The van der Waals surface area contributed by atoms with Crippen LogP contribution in [0.5, 0.6) is 5.88 Å². The van der Waals surface area contributed by atoms with Gasteiger partial charge >= 0.3 is 0 Å². The van der Waals surface area contributed by atoms with E-state index in [-0.39, 0.29) is 34.7 Å². The van der Waals surface area contributed by atoms with Crippen molar-refractivity contribution in [1.29, 1.82) is 0 Å². The first kappa shape index (κ1) is 16.4. The quantitative estimate of drug-likeness (QED) is 0.635. The Bertz CT molecular complexity index is 778. The summed E-state index contributed by atoms with van der Waals surface area (Å²) in [5.41, 5.74) is -0.916. The summed E-state index contributed by atoms with van der Waals surface area (Å²) in [4.78, 5) is 21.9. The fraction of sp³-hybridized carbons (Fsp3) is 0.462.